The Kier molecular flexibility index (Phi) is 7.58. The van der Waals surface area contributed by atoms with Gasteiger partial charge in [-0.15, -0.1) is 0 Å². The van der Waals surface area contributed by atoms with Crippen LogP contribution in [0, 0.1) is 0 Å². The van der Waals surface area contributed by atoms with E-state index in [0.29, 0.717) is 6.04 Å². The lowest BCUT2D eigenvalue weighted by molar-refractivity contribution is 0.157. The van der Waals surface area contributed by atoms with Crippen molar-refractivity contribution in [2.24, 2.45) is 0 Å². The number of benzene rings is 1. The number of aliphatic hydroxyl groups excluding tert-OH is 1. The first-order valence-corrected chi connectivity index (χ1v) is 9.73. The first kappa shape index (κ1) is 18.5. The standard InChI is InChI=1S/C21H35NO/c1-4-7-11-21(23)19-10-8-9-17-12-13-18(16-20(17)19)22(14-5-2)15-6-3/h8-10,18,21,23H,4-7,11-16H2,1-3H3. The summed E-state index contributed by atoms with van der Waals surface area (Å²) in [6.07, 6.45) is 8.87. The lowest BCUT2D eigenvalue weighted by Gasteiger charge is -2.36. The largest absolute Gasteiger partial charge is 0.388 e. The molecule has 0 aliphatic heterocycles. The van der Waals surface area contributed by atoms with E-state index in [0.717, 1.165) is 32.1 Å². The van der Waals surface area contributed by atoms with Crippen molar-refractivity contribution in [1.29, 1.82) is 0 Å². The molecule has 2 atom stereocenters. The van der Waals surface area contributed by atoms with Crippen molar-refractivity contribution in [3.63, 3.8) is 0 Å². The van der Waals surface area contributed by atoms with Crippen LogP contribution in [-0.2, 0) is 12.8 Å². The van der Waals surface area contributed by atoms with Crippen LogP contribution in [0.1, 0.15) is 82.1 Å². The van der Waals surface area contributed by atoms with Crippen LogP contribution < -0.4 is 0 Å². The second kappa shape index (κ2) is 9.44. The summed E-state index contributed by atoms with van der Waals surface area (Å²) in [5.74, 6) is 0. The zero-order valence-corrected chi connectivity index (χ0v) is 15.4. The number of aliphatic hydroxyl groups is 1. The predicted molar refractivity (Wildman–Crippen MR) is 98.9 cm³/mol. The Morgan fingerprint density at radius 3 is 2.52 bits per heavy atom. The molecular weight excluding hydrogens is 282 g/mol. The van der Waals surface area contributed by atoms with Crippen molar-refractivity contribution in [2.45, 2.75) is 84.3 Å². The summed E-state index contributed by atoms with van der Waals surface area (Å²) in [6.45, 7) is 9.15. The third kappa shape index (κ3) is 4.81. The van der Waals surface area contributed by atoms with Crippen LogP contribution in [0.2, 0.25) is 0 Å². The molecule has 0 bridgehead atoms. The molecule has 0 saturated heterocycles. The van der Waals surface area contributed by atoms with Crippen molar-refractivity contribution in [2.75, 3.05) is 13.1 Å². The van der Waals surface area contributed by atoms with Gasteiger partial charge in [0.15, 0.2) is 0 Å². The van der Waals surface area contributed by atoms with Gasteiger partial charge >= 0.3 is 0 Å². The number of hydrogen-bond acceptors (Lipinski definition) is 2. The second-order valence-electron chi connectivity index (χ2n) is 7.08. The zero-order chi connectivity index (χ0) is 16.7. The average molecular weight is 318 g/mol. The molecule has 130 valence electrons. The maximum absolute atomic E-state index is 10.6. The molecule has 1 N–H and O–H groups in total. The van der Waals surface area contributed by atoms with Crippen LogP contribution in [0.5, 0.6) is 0 Å². The highest BCUT2D eigenvalue weighted by Gasteiger charge is 2.26. The van der Waals surface area contributed by atoms with Crippen LogP contribution in [-0.4, -0.2) is 29.1 Å². The van der Waals surface area contributed by atoms with Gasteiger partial charge in [-0.2, -0.15) is 0 Å². The van der Waals surface area contributed by atoms with Crippen LogP contribution in [0.25, 0.3) is 0 Å². The van der Waals surface area contributed by atoms with Crippen LogP contribution in [0.4, 0.5) is 0 Å². The van der Waals surface area contributed by atoms with Crippen molar-refractivity contribution in [3.05, 3.63) is 34.9 Å². The van der Waals surface area contributed by atoms with Gasteiger partial charge in [-0.3, -0.25) is 0 Å². The SMILES string of the molecule is CCCCC(O)c1cccc2c1CC(N(CCC)CCC)CC2. The molecule has 2 rings (SSSR count). The molecule has 0 aromatic heterocycles. The van der Waals surface area contributed by atoms with E-state index in [1.807, 2.05) is 0 Å². The van der Waals surface area contributed by atoms with Crippen molar-refractivity contribution in [3.8, 4) is 0 Å². The molecule has 23 heavy (non-hydrogen) atoms. The van der Waals surface area contributed by atoms with Crippen molar-refractivity contribution < 1.29 is 5.11 Å². The Balaban J connectivity index is 2.17. The first-order chi connectivity index (χ1) is 11.2. The number of hydrogen-bond donors (Lipinski definition) is 1. The van der Waals surface area contributed by atoms with Crippen LogP contribution in [0.15, 0.2) is 18.2 Å². The van der Waals surface area contributed by atoms with Gasteiger partial charge in [0.25, 0.3) is 0 Å². The minimum atomic E-state index is -0.283. The fraction of sp³-hybridized carbons (Fsp3) is 0.714. The molecule has 2 nitrogen and oxygen atoms in total. The van der Waals surface area contributed by atoms with Crippen molar-refractivity contribution >= 4 is 0 Å². The van der Waals surface area contributed by atoms with Gasteiger partial charge in [0, 0.05) is 6.04 Å². The zero-order valence-electron chi connectivity index (χ0n) is 15.4. The van der Waals surface area contributed by atoms with E-state index in [1.54, 1.807) is 0 Å². The molecule has 0 heterocycles. The monoisotopic (exact) mass is 317 g/mol. The molecule has 0 fully saturated rings. The maximum Gasteiger partial charge on any atom is 0.0792 e. The molecule has 2 heteroatoms. The van der Waals surface area contributed by atoms with Gasteiger partial charge in [0.2, 0.25) is 0 Å². The topological polar surface area (TPSA) is 23.5 Å². The Bertz CT molecular complexity index is 465. The number of unbranched alkanes of at least 4 members (excludes halogenated alkanes) is 1. The smallest absolute Gasteiger partial charge is 0.0792 e. The van der Waals surface area contributed by atoms with Gasteiger partial charge < -0.3 is 10.0 Å². The van der Waals surface area contributed by atoms with E-state index in [-0.39, 0.29) is 6.10 Å². The summed E-state index contributed by atoms with van der Waals surface area (Å²) in [6, 6.07) is 7.22. The molecule has 0 spiro atoms. The molecule has 2 unspecified atom stereocenters. The van der Waals surface area contributed by atoms with Gasteiger partial charge in [0.1, 0.15) is 0 Å². The fourth-order valence-corrected chi connectivity index (χ4v) is 4.03. The molecule has 1 aliphatic rings. The minimum absolute atomic E-state index is 0.283. The lowest BCUT2D eigenvalue weighted by atomic mass is 9.82. The molecule has 0 saturated carbocycles. The number of nitrogens with zero attached hydrogens (tertiary/aromatic N) is 1. The summed E-state index contributed by atoms with van der Waals surface area (Å²) in [5.41, 5.74) is 4.13. The molecule has 0 radical (unpaired) electrons. The quantitative estimate of drug-likeness (QED) is 0.701. The van der Waals surface area contributed by atoms with Gasteiger partial charge in [-0.05, 0) is 68.3 Å². The van der Waals surface area contributed by atoms with Crippen LogP contribution >= 0.6 is 0 Å². The highest BCUT2D eigenvalue weighted by atomic mass is 16.3. The third-order valence-electron chi connectivity index (χ3n) is 5.22. The summed E-state index contributed by atoms with van der Waals surface area (Å²) in [5, 5.41) is 10.6. The van der Waals surface area contributed by atoms with Gasteiger partial charge in [-0.1, -0.05) is 51.8 Å². The Labute approximate surface area is 142 Å². The summed E-state index contributed by atoms with van der Waals surface area (Å²) < 4.78 is 0. The molecule has 0 amide bonds. The fourth-order valence-electron chi connectivity index (χ4n) is 4.03. The minimum Gasteiger partial charge on any atom is -0.388 e. The summed E-state index contributed by atoms with van der Waals surface area (Å²) in [7, 11) is 0. The Morgan fingerprint density at radius 1 is 1.13 bits per heavy atom. The average Bonchev–Trinajstić information content (AvgIpc) is 2.58. The van der Waals surface area contributed by atoms with E-state index in [9.17, 15) is 5.11 Å². The molecule has 1 aromatic carbocycles. The predicted octanol–water partition coefficient (Wildman–Crippen LogP) is 4.89. The lowest BCUT2D eigenvalue weighted by Crippen LogP contribution is -2.40. The molecule has 1 aliphatic carbocycles. The highest BCUT2D eigenvalue weighted by molar-refractivity contribution is 5.39. The number of aryl methyl sites for hydroxylation is 1. The second-order valence-corrected chi connectivity index (χ2v) is 7.08. The first-order valence-electron chi connectivity index (χ1n) is 9.73. The Hall–Kier alpha value is -0.860. The van der Waals surface area contributed by atoms with Gasteiger partial charge in [-0.25, -0.2) is 0 Å². The van der Waals surface area contributed by atoms with E-state index in [2.05, 4.69) is 43.9 Å². The van der Waals surface area contributed by atoms with Crippen LogP contribution in [0.3, 0.4) is 0 Å². The maximum atomic E-state index is 10.6. The van der Waals surface area contributed by atoms with E-state index >= 15 is 0 Å². The highest BCUT2D eigenvalue weighted by Crippen LogP contribution is 2.32. The van der Waals surface area contributed by atoms with E-state index < -0.39 is 0 Å². The molecular formula is C21H35NO. The van der Waals surface area contributed by atoms with Crippen molar-refractivity contribution in [1.82, 2.24) is 4.90 Å². The molecule has 1 aromatic rings. The summed E-state index contributed by atoms with van der Waals surface area (Å²) >= 11 is 0. The number of fused-ring (bicyclic) bond motifs is 1. The third-order valence-corrected chi connectivity index (χ3v) is 5.22. The van der Waals surface area contributed by atoms with Gasteiger partial charge in [0.05, 0.1) is 6.10 Å². The van der Waals surface area contributed by atoms with E-state index in [1.165, 1.54) is 49.0 Å². The normalized spacial score (nSPS) is 18.9. The number of rotatable bonds is 9. The Morgan fingerprint density at radius 2 is 1.87 bits per heavy atom. The summed E-state index contributed by atoms with van der Waals surface area (Å²) in [4.78, 5) is 2.68. The van der Waals surface area contributed by atoms with E-state index in [4.69, 9.17) is 0 Å².